The van der Waals surface area contributed by atoms with Crippen molar-refractivity contribution in [1.82, 2.24) is 4.90 Å². The van der Waals surface area contributed by atoms with E-state index in [1.54, 1.807) is 43.5 Å². The van der Waals surface area contributed by atoms with E-state index in [0.29, 0.717) is 29.2 Å². The fraction of sp³-hybridized carbons (Fsp3) is 0.222. The molecular formula is C18H19ClN2O4. The number of carbonyl (C=O) groups excluding carboxylic acids is 2. The maximum absolute atomic E-state index is 12.2. The fourth-order valence-electron chi connectivity index (χ4n) is 2.68. The zero-order valence-corrected chi connectivity index (χ0v) is 14.5. The molecule has 25 heavy (non-hydrogen) atoms. The summed E-state index contributed by atoms with van der Waals surface area (Å²) < 4.78 is 10.9. The number of carbonyl (C=O) groups is 2. The molecule has 2 aromatic carbocycles. The molecule has 0 spiro atoms. The molecule has 0 radical (unpaired) electrons. The summed E-state index contributed by atoms with van der Waals surface area (Å²) in [4.78, 5) is 25.7. The van der Waals surface area contributed by atoms with Crippen molar-refractivity contribution in [1.29, 1.82) is 0 Å². The zero-order chi connectivity index (χ0) is 17.1. The van der Waals surface area contributed by atoms with Gasteiger partial charge in [0.05, 0.1) is 24.8 Å². The van der Waals surface area contributed by atoms with Crippen molar-refractivity contribution in [3.8, 4) is 11.5 Å². The van der Waals surface area contributed by atoms with Gasteiger partial charge in [0, 0.05) is 18.2 Å². The highest BCUT2D eigenvalue weighted by Crippen LogP contribution is 2.25. The third-order valence-electron chi connectivity index (χ3n) is 3.94. The first-order valence-corrected chi connectivity index (χ1v) is 7.60. The van der Waals surface area contributed by atoms with Crippen LogP contribution in [-0.4, -0.2) is 37.0 Å². The summed E-state index contributed by atoms with van der Waals surface area (Å²) in [7, 11) is 1.57. The molecule has 0 fully saturated rings. The van der Waals surface area contributed by atoms with E-state index in [1.807, 2.05) is 6.07 Å². The van der Waals surface area contributed by atoms with Crippen LogP contribution in [-0.2, 0) is 6.54 Å². The number of nitrogens with two attached hydrogens (primary N) is 1. The number of imide groups is 1. The van der Waals surface area contributed by atoms with Gasteiger partial charge >= 0.3 is 0 Å². The Labute approximate surface area is 151 Å². The van der Waals surface area contributed by atoms with Gasteiger partial charge in [-0.15, -0.1) is 12.4 Å². The molecule has 2 N–H and O–H groups in total. The summed E-state index contributed by atoms with van der Waals surface area (Å²) in [5.41, 5.74) is 7.39. The second-order valence-electron chi connectivity index (χ2n) is 5.33. The number of fused-ring (bicyclic) bond motifs is 1. The van der Waals surface area contributed by atoms with Crippen LogP contribution in [0.15, 0.2) is 42.5 Å². The van der Waals surface area contributed by atoms with Crippen LogP contribution < -0.4 is 15.2 Å². The molecule has 2 amide bonds. The van der Waals surface area contributed by atoms with E-state index in [0.717, 1.165) is 5.56 Å². The standard InChI is InChI=1S/C18H18N2O4.ClH/c1-23-16-10-13(7-6-12(16)11-19)24-9-8-20-17(21)14-4-2-3-5-15(14)18(20)22;/h2-7,10H,8-9,11,19H2,1H3;1H. The van der Waals surface area contributed by atoms with Gasteiger partial charge in [0.25, 0.3) is 11.8 Å². The normalized spacial score (nSPS) is 12.6. The number of hydrogen-bond acceptors (Lipinski definition) is 5. The summed E-state index contributed by atoms with van der Waals surface area (Å²) in [6.07, 6.45) is 0. The van der Waals surface area contributed by atoms with Gasteiger partial charge in [-0.1, -0.05) is 18.2 Å². The smallest absolute Gasteiger partial charge is 0.261 e. The average molecular weight is 363 g/mol. The van der Waals surface area contributed by atoms with E-state index in [4.69, 9.17) is 15.2 Å². The molecule has 1 aliphatic heterocycles. The Bertz CT molecular complexity index is 759. The SMILES string of the molecule is COc1cc(OCCN2C(=O)c3ccccc3C2=O)ccc1CN.Cl. The molecule has 1 heterocycles. The van der Waals surface area contributed by atoms with Crippen LogP contribution in [0.25, 0.3) is 0 Å². The van der Waals surface area contributed by atoms with E-state index in [2.05, 4.69) is 0 Å². The van der Waals surface area contributed by atoms with Crippen molar-refractivity contribution < 1.29 is 19.1 Å². The molecule has 0 aliphatic carbocycles. The Morgan fingerprint density at radius 2 is 1.68 bits per heavy atom. The summed E-state index contributed by atoms with van der Waals surface area (Å²) in [6.45, 7) is 0.766. The minimum atomic E-state index is -0.282. The molecule has 0 unspecified atom stereocenters. The maximum atomic E-state index is 12.2. The van der Waals surface area contributed by atoms with E-state index in [1.165, 1.54) is 4.90 Å². The van der Waals surface area contributed by atoms with Crippen LogP contribution in [0.3, 0.4) is 0 Å². The van der Waals surface area contributed by atoms with Crippen LogP contribution in [0.5, 0.6) is 11.5 Å². The lowest BCUT2D eigenvalue weighted by Crippen LogP contribution is -2.33. The highest BCUT2D eigenvalue weighted by molar-refractivity contribution is 6.21. The summed E-state index contributed by atoms with van der Waals surface area (Å²) >= 11 is 0. The topological polar surface area (TPSA) is 81.9 Å². The quantitative estimate of drug-likeness (QED) is 0.797. The van der Waals surface area contributed by atoms with Gasteiger partial charge in [-0.05, 0) is 18.2 Å². The van der Waals surface area contributed by atoms with Crippen molar-refractivity contribution in [2.24, 2.45) is 5.73 Å². The third-order valence-corrected chi connectivity index (χ3v) is 3.94. The lowest BCUT2D eigenvalue weighted by atomic mass is 10.1. The van der Waals surface area contributed by atoms with Gasteiger partial charge in [0.2, 0.25) is 0 Å². The maximum Gasteiger partial charge on any atom is 0.261 e. The van der Waals surface area contributed by atoms with Crippen LogP contribution in [0.2, 0.25) is 0 Å². The first kappa shape index (κ1) is 18.8. The lowest BCUT2D eigenvalue weighted by Gasteiger charge is -2.15. The lowest BCUT2D eigenvalue weighted by molar-refractivity contribution is 0.0631. The van der Waals surface area contributed by atoms with Gasteiger partial charge < -0.3 is 15.2 Å². The average Bonchev–Trinajstić information content (AvgIpc) is 2.86. The van der Waals surface area contributed by atoms with Crippen LogP contribution in [0.1, 0.15) is 26.3 Å². The molecule has 7 heteroatoms. The van der Waals surface area contributed by atoms with Crippen molar-refractivity contribution in [2.75, 3.05) is 20.3 Å². The summed E-state index contributed by atoms with van der Waals surface area (Å²) in [5, 5.41) is 0. The van der Waals surface area contributed by atoms with E-state index >= 15 is 0 Å². The predicted octanol–water partition coefficient (Wildman–Crippen LogP) is 2.25. The summed E-state index contributed by atoms with van der Waals surface area (Å²) in [5.74, 6) is 0.682. The Balaban J connectivity index is 0.00000225. The van der Waals surface area contributed by atoms with Crippen LogP contribution in [0.4, 0.5) is 0 Å². The fourth-order valence-corrected chi connectivity index (χ4v) is 2.68. The van der Waals surface area contributed by atoms with Crippen molar-refractivity contribution >= 4 is 24.2 Å². The van der Waals surface area contributed by atoms with E-state index in [9.17, 15) is 9.59 Å². The van der Waals surface area contributed by atoms with Gasteiger partial charge in [-0.25, -0.2) is 0 Å². The molecule has 1 aliphatic rings. The Hall–Kier alpha value is -2.57. The van der Waals surface area contributed by atoms with Gasteiger partial charge in [-0.2, -0.15) is 0 Å². The molecular weight excluding hydrogens is 344 g/mol. The highest BCUT2D eigenvalue weighted by Gasteiger charge is 2.34. The van der Waals surface area contributed by atoms with Crippen molar-refractivity contribution in [3.05, 3.63) is 59.2 Å². The molecule has 2 aromatic rings. The predicted molar refractivity (Wildman–Crippen MR) is 95.4 cm³/mol. The molecule has 6 nitrogen and oxygen atoms in total. The third kappa shape index (κ3) is 3.60. The minimum absolute atomic E-state index is 0. The number of amides is 2. The van der Waals surface area contributed by atoms with Crippen LogP contribution >= 0.6 is 12.4 Å². The van der Waals surface area contributed by atoms with Crippen LogP contribution in [0, 0.1) is 0 Å². The van der Waals surface area contributed by atoms with Gasteiger partial charge in [-0.3, -0.25) is 14.5 Å². The molecule has 3 rings (SSSR count). The minimum Gasteiger partial charge on any atom is -0.496 e. The van der Waals surface area contributed by atoms with E-state index in [-0.39, 0.29) is 37.4 Å². The first-order valence-electron chi connectivity index (χ1n) is 7.60. The number of rotatable bonds is 6. The molecule has 0 saturated carbocycles. The highest BCUT2D eigenvalue weighted by atomic mass is 35.5. The molecule has 0 aromatic heterocycles. The van der Waals surface area contributed by atoms with E-state index < -0.39 is 0 Å². The summed E-state index contributed by atoms with van der Waals surface area (Å²) in [6, 6.07) is 12.2. The van der Waals surface area contributed by atoms with Crippen molar-refractivity contribution in [3.63, 3.8) is 0 Å². The molecule has 0 saturated heterocycles. The zero-order valence-electron chi connectivity index (χ0n) is 13.7. The number of halogens is 1. The van der Waals surface area contributed by atoms with Gasteiger partial charge in [0.1, 0.15) is 18.1 Å². The monoisotopic (exact) mass is 362 g/mol. The Morgan fingerprint density at radius 3 is 2.24 bits per heavy atom. The second kappa shape index (κ2) is 8.00. The number of ether oxygens (including phenoxy) is 2. The van der Waals surface area contributed by atoms with Gasteiger partial charge in [0.15, 0.2) is 0 Å². The number of nitrogens with zero attached hydrogens (tertiary/aromatic N) is 1. The number of hydrogen-bond donors (Lipinski definition) is 1. The molecule has 0 bridgehead atoms. The molecule has 0 atom stereocenters. The second-order valence-corrected chi connectivity index (χ2v) is 5.33. The number of methoxy groups -OCH3 is 1. The number of benzene rings is 2. The largest absolute Gasteiger partial charge is 0.496 e. The Morgan fingerprint density at radius 1 is 1.04 bits per heavy atom. The Kier molecular flexibility index (Phi) is 6.01. The first-order chi connectivity index (χ1) is 11.7. The van der Waals surface area contributed by atoms with Crippen molar-refractivity contribution in [2.45, 2.75) is 6.54 Å². The molecule has 132 valence electrons.